The molecule has 1 heterocycles. The summed E-state index contributed by atoms with van der Waals surface area (Å²) in [5.41, 5.74) is 0. The molecule has 5 atom stereocenters. The van der Waals surface area contributed by atoms with Crippen LogP contribution >= 0.6 is 0 Å². The van der Waals surface area contributed by atoms with Gasteiger partial charge in [0.1, 0.15) is 0 Å². The van der Waals surface area contributed by atoms with Crippen LogP contribution in [0.2, 0.25) is 0 Å². The number of ether oxygens (including phenoxy) is 2. The highest BCUT2D eigenvalue weighted by Gasteiger charge is 2.50. The fourth-order valence-corrected chi connectivity index (χ4v) is 4.60. The normalized spacial score (nSPS) is 48.5. The van der Waals surface area contributed by atoms with Gasteiger partial charge in [0.2, 0.25) is 0 Å². The van der Waals surface area contributed by atoms with Gasteiger partial charge in [-0.25, -0.2) is 0 Å². The van der Waals surface area contributed by atoms with E-state index in [4.69, 9.17) is 9.47 Å². The molecule has 17 heavy (non-hydrogen) atoms. The van der Waals surface area contributed by atoms with Crippen molar-refractivity contribution in [1.82, 2.24) is 0 Å². The molecule has 98 valence electrons. The molecule has 0 N–H and O–H groups in total. The molecule has 1 aliphatic heterocycles. The van der Waals surface area contributed by atoms with Gasteiger partial charge in [0, 0.05) is 6.42 Å². The second-order valence-corrected chi connectivity index (χ2v) is 6.76. The van der Waals surface area contributed by atoms with Gasteiger partial charge in [-0.05, 0) is 55.8 Å². The Bertz CT molecular complexity index is 281. The molecule has 2 saturated carbocycles. The summed E-state index contributed by atoms with van der Waals surface area (Å²) < 4.78 is 11.7. The van der Waals surface area contributed by atoms with Crippen LogP contribution in [0.15, 0.2) is 0 Å². The Morgan fingerprint density at radius 1 is 1.06 bits per heavy atom. The predicted octanol–water partition coefficient (Wildman–Crippen LogP) is 3.46. The topological polar surface area (TPSA) is 18.5 Å². The molecular weight excluding hydrogens is 212 g/mol. The third-order valence-corrected chi connectivity index (χ3v) is 5.77. The molecular formula is C15H26O2. The Morgan fingerprint density at radius 2 is 1.76 bits per heavy atom. The van der Waals surface area contributed by atoms with Gasteiger partial charge in [-0.15, -0.1) is 0 Å². The zero-order valence-electron chi connectivity index (χ0n) is 11.4. The van der Waals surface area contributed by atoms with E-state index in [1.165, 1.54) is 12.8 Å². The monoisotopic (exact) mass is 238 g/mol. The summed E-state index contributed by atoms with van der Waals surface area (Å²) in [4.78, 5) is 0. The van der Waals surface area contributed by atoms with E-state index in [-0.39, 0.29) is 5.79 Å². The number of rotatable bonds is 2. The lowest BCUT2D eigenvalue weighted by molar-refractivity contribution is -0.266. The Kier molecular flexibility index (Phi) is 2.99. The van der Waals surface area contributed by atoms with Crippen molar-refractivity contribution in [3.8, 4) is 0 Å². The maximum atomic E-state index is 5.87. The van der Waals surface area contributed by atoms with Gasteiger partial charge < -0.3 is 9.47 Å². The van der Waals surface area contributed by atoms with E-state index in [9.17, 15) is 0 Å². The van der Waals surface area contributed by atoms with Crippen LogP contribution in [-0.2, 0) is 9.47 Å². The molecule has 0 aromatic heterocycles. The Labute approximate surface area is 105 Å². The lowest BCUT2D eigenvalue weighted by Crippen LogP contribution is -2.41. The highest BCUT2D eigenvalue weighted by molar-refractivity contribution is 4.98. The summed E-state index contributed by atoms with van der Waals surface area (Å²) >= 11 is 0. The number of hydrogen-bond acceptors (Lipinski definition) is 2. The first-order chi connectivity index (χ1) is 8.09. The molecule has 2 nitrogen and oxygen atoms in total. The smallest absolute Gasteiger partial charge is 0.165 e. The van der Waals surface area contributed by atoms with Crippen molar-refractivity contribution in [2.45, 2.75) is 52.2 Å². The Morgan fingerprint density at radius 3 is 2.35 bits per heavy atom. The molecule has 2 bridgehead atoms. The average molecular weight is 238 g/mol. The van der Waals surface area contributed by atoms with Crippen LogP contribution in [-0.4, -0.2) is 19.0 Å². The van der Waals surface area contributed by atoms with Crippen LogP contribution in [0.3, 0.4) is 0 Å². The van der Waals surface area contributed by atoms with Crippen molar-refractivity contribution in [2.75, 3.05) is 13.2 Å². The lowest BCUT2D eigenvalue weighted by atomic mass is 9.73. The van der Waals surface area contributed by atoms with Crippen molar-refractivity contribution in [3.05, 3.63) is 0 Å². The average Bonchev–Trinajstić information content (AvgIpc) is 2.81. The van der Waals surface area contributed by atoms with E-state index >= 15 is 0 Å². The summed E-state index contributed by atoms with van der Waals surface area (Å²) in [6, 6.07) is 0. The molecule has 3 aliphatic rings. The van der Waals surface area contributed by atoms with E-state index in [0.717, 1.165) is 55.6 Å². The highest BCUT2D eigenvalue weighted by Crippen LogP contribution is 2.57. The van der Waals surface area contributed by atoms with Crippen LogP contribution < -0.4 is 0 Å². The van der Waals surface area contributed by atoms with E-state index in [0.29, 0.717) is 0 Å². The minimum Gasteiger partial charge on any atom is -0.350 e. The summed E-state index contributed by atoms with van der Waals surface area (Å²) in [6.07, 6.45) is 5.05. The molecule has 3 rings (SSSR count). The first-order valence-corrected chi connectivity index (χ1v) is 7.37. The zero-order chi connectivity index (χ0) is 12.0. The number of hydrogen-bond donors (Lipinski definition) is 0. The van der Waals surface area contributed by atoms with E-state index in [2.05, 4.69) is 20.8 Å². The summed E-state index contributed by atoms with van der Waals surface area (Å²) in [6.45, 7) is 8.80. The van der Waals surface area contributed by atoms with Gasteiger partial charge in [0.15, 0.2) is 5.79 Å². The SMILES string of the molecule is CC1C2CC(CC3(C)OCCCO3)C(C2)C1C. The standard InChI is InChI=1S/C15H26O2/c1-10-11(2)14-8-12(10)7-13(14)9-15(3)16-5-4-6-17-15/h10-14H,4-9H2,1-3H3. The van der Waals surface area contributed by atoms with Gasteiger partial charge >= 0.3 is 0 Å². The van der Waals surface area contributed by atoms with Crippen LogP contribution in [0.1, 0.15) is 46.5 Å². The maximum absolute atomic E-state index is 5.87. The second-order valence-electron chi connectivity index (χ2n) is 6.76. The van der Waals surface area contributed by atoms with E-state index in [1.54, 1.807) is 0 Å². The molecule has 0 radical (unpaired) electrons. The van der Waals surface area contributed by atoms with Crippen LogP contribution in [0.5, 0.6) is 0 Å². The fourth-order valence-electron chi connectivity index (χ4n) is 4.60. The van der Waals surface area contributed by atoms with E-state index in [1.807, 2.05) is 0 Å². The molecule has 0 spiro atoms. The van der Waals surface area contributed by atoms with Crippen LogP contribution in [0.25, 0.3) is 0 Å². The fraction of sp³-hybridized carbons (Fsp3) is 1.00. The third-order valence-electron chi connectivity index (χ3n) is 5.77. The predicted molar refractivity (Wildman–Crippen MR) is 67.6 cm³/mol. The van der Waals surface area contributed by atoms with Gasteiger partial charge in [-0.1, -0.05) is 13.8 Å². The molecule has 2 aliphatic carbocycles. The van der Waals surface area contributed by atoms with E-state index < -0.39 is 0 Å². The molecule has 0 amide bonds. The lowest BCUT2D eigenvalue weighted by Gasteiger charge is -2.40. The summed E-state index contributed by atoms with van der Waals surface area (Å²) in [5, 5.41) is 0. The Hall–Kier alpha value is -0.0800. The molecule has 3 fully saturated rings. The first kappa shape index (κ1) is 12.0. The van der Waals surface area contributed by atoms with Crippen molar-refractivity contribution < 1.29 is 9.47 Å². The number of fused-ring (bicyclic) bond motifs is 2. The summed E-state index contributed by atoms with van der Waals surface area (Å²) in [5.74, 6) is 4.32. The van der Waals surface area contributed by atoms with Gasteiger partial charge in [-0.2, -0.15) is 0 Å². The Balaban J connectivity index is 1.63. The molecule has 2 heteroatoms. The molecule has 5 unspecified atom stereocenters. The maximum Gasteiger partial charge on any atom is 0.165 e. The second kappa shape index (κ2) is 4.24. The van der Waals surface area contributed by atoms with Crippen molar-refractivity contribution in [1.29, 1.82) is 0 Å². The van der Waals surface area contributed by atoms with Gasteiger partial charge in [0.25, 0.3) is 0 Å². The minimum absolute atomic E-state index is 0.281. The van der Waals surface area contributed by atoms with Crippen molar-refractivity contribution >= 4 is 0 Å². The van der Waals surface area contributed by atoms with Crippen molar-refractivity contribution in [3.63, 3.8) is 0 Å². The van der Waals surface area contributed by atoms with Crippen LogP contribution in [0, 0.1) is 29.6 Å². The van der Waals surface area contributed by atoms with Crippen molar-refractivity contribution in [2.24, 2.45) is 29.6 Å². The minimum atomic E-state index is -0.281. The molecule has 0 aromatic carbocycles. The van der Waals surface area contributed by atoms with Gasteiger partial charge in [0.05, 0.1) is 13.2 Å². The summed E-state index contributed by atoms with van der Waals surface area (Å²) in [7, 11) is 0. The molecule has 1 saturated heterocycles. The first-order valence-electron chi connectivity index (χ1n) is 7.37. The van der Waals surface area contributed by atoms with Crippen LogP contribution in [0.4, 0.5) is 0 Å². The molecule has 0 aromatic rings. The zero-order valence-corrected chi connectivity index (χ0v) is 11.4. The quantitative estimate of drug-likeness (QED) is 0.733. The van der Waals surface area contributed by atoms with Gasteiger partial charge in [-0.3, -0.25) is 0 Å². The third kappa shape index (κ3) is 2.04. The highest BCUT2D eigenvalue weighted by atomic mass is 16.7. The largest absolute Gasteiger partial charge is 0.350 e.